The summed E-state index contributed by atoms with van der Waals surface area (Å²) in [6.07, 6.45) is 1.61. The van der Waals surface area contributed by atoms with E-state index in [4.69, 9.17) is 0 Å². The summed E-state index contributed by atoms with van der Waals surface area (Å²) in [7, 11) is 0. The molecule has 1 aromatic carbocycles. The van der Waals surface area contributed by atoms with E-state index in [2.05, 4.69) is 5.32 Å². The van der Waals surface area contributed by atoms with Crippen molar-refractivity contribution < 1.29 is 14.7 Å². The van der Waals surface area contributed by atoms with Gasteiger partial charge in [0.05, 0.1) is 5.97 Å². The van der Waals surface area contributed by atoms with Gasteiger partial charge in [0, 0.05) is 11.8 Å². The Morgan fingerprint density at radius 2 is 1.88 bits per heavy atom. The molecule has 0 unspecified atom stereocenters. The topological polar surface area (TPSA) is 69.2 Å². The highest BCUT2D eigenvalue weighted by atomic mass is 16.4. The molecule has 1 aromatic rings. The minimum absolute atomic E-state index is 0.493. The van der Waals surface area contributed by atoms with E-state index in [0.29, 0.717) is 11.8 Å². The van der Waals surface area contributed by atoms with Gasteiger partial charge in [-0.1, -0.05) is 6.07 Å². The molecule has 16 heavy (non-hydrogen) atoms. The summed E-state index contributed by atoms with van der Waals surface area (Å²) in [4.78, 5) is 21.3. The van der Waals surface area contributed by atoms with Crippen LogP contribution in [0.3, 0.4) is 0 Å². The third-order valence-corrected chi connectivity index (χ3v) is 2.15. The number of nitrogens with one attached hydrogen (secondary N) is 1. The molecule has 0 bridgehead atoms. The van der Waals surface area contributed by atoms with Crippen LogP contribution in [-0.4, -0.2) is 11.9 Å². The first-order chi connectivity index (χ1) is 7.49. The van der Waals surface area contributed by atoms with Crippen LogP contribution in [0.25, 0.3) is 0 Å². The van der Waals surface area contributed by atoms with Crippen LogP contribution >= 0.6 is 0 Å². The van der Waals surface area contributed by atoms with Crippen molar-refractivity contribution in [2.75, 3.05) is 5.32 Å². The quantitative estimate of drug-likeness (QED) is 0.753. The van der Waals surface area contributed by atoms with E-state index in [1.807, 2.05) is 26.0 Å². The molecule has 0 saturated carbocycles. The lowest BCUT2D eigenvalue weighted by Gasteiger charge is -2.05. The molecule has 0 aromatic heterocycles. The van der Waals surface area contributed by atoms with E-state index in [1.54, 1.807) is 6.07 Å². The molecule has 0 radical (unpaired) electrons. The van der Waals surface area contributed by atoms with Crippen LogP contribution in [0.5, 0.6) is 0 Å². The molecule has 0 saturated heterocycles. The maximum atomic E-state index is 11.2. The maximum absolute atomic E-state index is 11.2. The second-order valence-corrected chi connectivity index (χ2v) is 3.44. The third-order valence-electron chi connectivity index (χ3n) is 2.15. The van der Waals surface area contributed by atoms with Crippen molar-refractivity contribution in [3.63, 3.8) is 0 Å². The molecular formula is C12H12NO3-. The first-order valence-corrected chi connectivity index (χ1v) is 4.76. The van der Waals surface area contributed by atoms with Gasteiger partial charge in [-0.15, -0.1) is 0 Å². The molecule has 0 aliphatic rings. The van der Waals surface area contributed by atoms with Crippen molar-refractivity contribution in [2.24, 2.45) is 0 Å². The summed E-state index contributed by atoms with van der Waals surface area (Å²) in [5.41, 5.74) is 2.82. The van der Waals surface area contributed by atoms with Gasteiger partial charge >= 0.3 is 0 Å². The van der Waals surface area contributed by atoms with E-state index in [-0.39, 0.29) is 0 Å². The van der Waals surface area contributed by atoms with Crippen molar-refractivity contribution in [3.8, 4) is 0 Å². The Kier molecular flexibility index (Phi) is 3.83. The molecule has 0 atom stereocenters. The van der Waals surface area contributed by atoms with Crippen LogP contribution in [0.4, 0.5) is 5.69 Å². The standard InChI is InChI=1S/C12H13NO3/c1-8-3-4-10(7-9(8)2)13-11(14)5-6-12(15)16/h3-7H,1-2H3,(H,13,14)(H,15,16)/p-1/b6-5+. The summed E-state index contributed by atoms with van der Waals surface area (Å²) in [5.74, 6) is -1.89. The number of carboxylic acids is 1. The summed E-state index contributed by atoms with van der Waals surface area (Å²) >= 11 is 0. The van der Waals surface area contributed by atoms with Crippen molar-refractivity contribution in [1.29, 1.82) is 0 Å². The van der Waals surface area contributed by atoms with Crippen LogP contribution in [0, 0.1) is 13.8 Å². The molecule has 0 heterocycles. The molecular weight excluding hydrogens is 206 g/mol. The first kappa shape index (κ1) is 12.0. The molecule has 0 fully saturated rings. The van der Waals surface area contributed by atoms with Gasteiger partial charge in [0.25, 0.3) is 0 Å². The van der Waals surface area contributed by atoms with E-state index < -0.39 is 11.9 Å². The second-order valence-electron chi connectivity index (χ2n) is 3.44. The summed E-state index contributed by atoms with van der Waals surface area (Å²) in [6.45, 7) is 3.90. The number of carboxylic acid groups (broad SMARTS) is 1. The Morgan fingerprint density at radius 3 is 2.44 bits per heavy atom. The lowest BCUT2D eigenvalue weighted by Crippen LogP contribution is -2.20. The lowest BCUT2D eigenvalue weighted by atomic mass is 10.1. The number of aliphatic carboxylic acids is 1. The van der Waals surface area contributed by atoms with Crippen molar-refractivity contribution >= 4 is 17.6 Å². The Labute approximate surface area is 93.6 Å². The smallest absolute Gasteiger partial charge is 0.248 e. The Bertz CT molecular complexity index is 450. The van der Waals surface area contributed by atoms with Crippen molar-refractivity contribution in [1.82, 2.24) is 0 Å². The number of aryl methyl sites for hydroxylation is 2. The number of benzene rings is 1. The monoisotopic (exact) mass is 218 g/mol. The number of anilines is 1. The van der Waals surface area contributed by atoms with Crippen LogP contribution in [0.15, 0.2) is 30.4 Å². The first-order valence-electron chi connectivity index (χ1n) is 4.76. The summed E-state index contributed by atoms with van der Waals surface area (Å²) in [6, 6.07) is 5.46. The van der Waals surface area contributed by atoms with Gasteiger partial charge in [-0.3, -0.25) is 4.79 Å². The summed E-state index contributed by atoms with van der Waals surface area (Å²) in [5, 5.41) is 12.6. The van der Waals surface area contributed by atoms with Gasteiger partial charge in [-0.25, -0.2) is 0 Å². The Balaban J connectivity index is 2.70. The highest BCUT2D eigenvalue weighted by Crippen LogP contribution is 2.13. The highest BCUT2D eigenvalue weighted by molar-refractivity contribution is 6.02. The van der Waals surface area contributed by atoms with E-state index >= 15 is 0 Å². The van der Waals surface area contributed by atoms with E-state index in [1.165, 1.54) is 0 Å². The number of amides is 1. The van der Waals surface area contributed by atoms with E-state index in [0.717, 1.165) is 17.2 Å². The fourth-order valence-corrected chi connectivity index (χ4v) is 1.15. The SMILES string of the molecule is Cc1ccc(NC(=O)/C=C/C(=O)[O-])cc1C. The summed E-state index contributed by atoms with van der Waals surface area (Å²) < 4.78 is 0. The van der Waals surface area contributed by atoms with Gasteiger partial charge in [0.1, 0.15) is 0 Å². The van der Waals surface area contributed by atoms with Gasteiger partial charge in [0.2, 0.25) is 5.91 Å². The van der Waals surface area contributed by atoms with Crippen LogP contribution < -0.4 is 10.4 Å². The molecule has 84 valence electrons. The second kappa shape index (κ2) is 5.11. The largest absolute Gasteiger partial charge is 0.545 e. The third kappa shape index (κ3) is 3.57. The molecule has 1 N–H and O–H groups in total. The zero-order valence-corrected chi connectivity index (χ0v) is 9.11. The average molecular weight is 218 g/mol. The van der Waals surface area contributed by atoms with Crippen molar-refractivity contribution in [2.45, 2.75) is 13.8 Å². The Morgan fingerprint density at radius 1 is 1.19 bits per heavy atom. The number of carbonyl (C=O) groups excluding carboxylic acids is 2. The molecule has 0 aliphatic carbocycles. The Hall–Kier alpha value is -2.10. The highest BCUT2D eigenvalue weighted by Gasteiger charge is 1.99. The van der Waals surface area contributed by atoms with Crippen molar-refractivity contribution in [3.05, 3.63) is 41.5 Å². The molecule has 4 heteroatoms. The minimum Gasteiger partial charge on any atom is -0.545 e. The molecule has 1 rings (SSSR count). The predicted octanol–water partition coefficient (Wildman–Crippen LogP) is 0.548. The molecule has 0 aliphatic heterocycles. The maximum Gasteiger partial charge on any atom is 0.248 e. The molecule has 4 nitrogen and oxygen atoms in total. The van der Waals surface area contributed by atoms with Gasteiger partial charge in [0.15, 0.2) is 0 Å². The zero-order chi connectivity index (χ0) is 12.1. The molecule has 1 amide bonds. The van der Waals surface area contributed by atoms with Crippen LogP contribution in [-0.2, 0) is 9.59 Å². The predicted molar refractivity (Wildman–Crippen MR) is 58.7 cm³/mol. The van der Waals surface area contributed by atoms with Crippen LogP contribution in [0.2, 0.25) is 0 Å². The lowest BCUT2D eigenvalue weighted by molar-refractivity contribution is -0.297. The number of rotatable bonds is 3. The van der Waals surface area contributed by atoms with Gasteiger partial charge in [-0.2, -0.15) is 0 Å². The van der Waals surface area contributed by atoms with Crippen LogP contribution in [0.1, 0.15) is 11.1 Å². The fraction of sp³-hybridized carbons (Fsp3) is 0.167. The zero-order valence-electron chi connectivity index (χ0n) is 9.11. The average Bonchev–Trinajstić information content (AvgIpc) is 2.21. The number of carbonyl (C=O) groups is 2. The number of hydrogen-bond acceptors (Lipinski definition) is 3. The fourth-order valence-electron chi connectivity index (χ4n) is 1.15. The van der Waals surface area contributed by atoms with E-state index in [9.17, 15) is 14.7 Å². The van der Waals surface area contributed by atoms with Gasteiger partial charge in [-0.05, 0) is 43.2 Å². The molecule has 0 spiro atoms. The normalized spacial score (nSPS) is 10.4. The number of hydrogen-bond donors (Lipinski definition) is 1. The van der Waals surface area contributed by atoms with Gasteiger partial charge < -0.3 is 15.2 Å². The minimum atomic E-state index is -1.39.